The summed E-state index contributed by atoms with van der Waals surface area (Å²) in [5.41, 5.74) is 0. The topological polar surface area (TPSA) is 78.9 Å². The first-order valence-corrected chi connectivity index (χ1v) is 32.8. The number of ether oxygens (including phenoxy) is 3. The fraction of sp³-hybridized carbons (Fsp3) is 0.812. The van der Waals surface area contributed by atoms with Crippen LogP contribution in [0.1, 0.15) is 342 Å². The summed E-state index contributed by atoms with van der Waals surface area (Å²) in [5, 5.41) is 0. The van der Waals surface area contributed by atoms with Crippen LogP contribution in [0.25, 0.3) is 0 Å². The summed E-state index contributed by atoms with van der Waals surface area (Å²) in [5.74, 6) is -0.866. The van der Waals surface area contributed by atoms with Gasteiger partial charge in [0.2, 0.25) is 0 Å². The molecule has 0 aromatic carbocycles. The molecule has 0 aliphatic carbocycles. The van der Waals surface area contributed by atoms with E-state index in [2.05, 4.69) is 81.5 Å². The van der Waals surface area contributed by atoms with E-state index in [4.69, 9.17) is 14.2 Å². The van der Waals surface area contributed by atoms with Crippen molar-refractivity contribution in [1.82, 2.24) is 0 Å². The Morgan fingerprint density at radius 1 is 0.267 bits per heavy atom. The second-order valence-electron chi connectivity index (χ2n) is 22.0. The Balaban J connectivity index is 4.26. The largest absolute Gasteiger partial charge is 0.462 e. The number of carbonyl (C=O) groups is 3. The van der Waals surface area contributed by atoms with Crippen molar-refractivity contribution in [2.75, 3.05) is 13.2 Å². The molecular formula is C69H124O6. The normalized spacial score (nSPS) is 12.4. The summed E-state index contributed by atoms with van der Waals surface area (Å²) in [6.45, 7) is 6.64. The van der Waals surface area contributed by atoms with E-state index >= 15 is 0 Å². The van der Waals surface area contributed by atoms with E-state index in [9.17, 15) is 14.4 Å². The Kier molecular flexibility index (Phi) is 61.2. The highest BCUT2D eigenvalue weighted by molar-refractivity contribution is 5.71. The maximum absolute atomic E-state index is 12.9. The minimum Gasteiger partial charge on any atom is -0.462 e. The maximum Gasteiger partial charge on any atom is 0.306 e. The van der Waals surface area contributed by atoms with Crippen LogP contribution in [0, 0.1) is 0 Å². The standard InChI is InChI=1S/C69H124O6/c1-4-7-10-13-16-19-22-25-27-29-30-31-32-33-34-35-36-37-38-40-41-44-47-50-53-56-59-62-68(71)74-65-66(64-73-67(70)61-58-55-52-49-46-43-24-21-18-15-12-9-6-3)75-69(72)63-60-57-54-51-48-45-42-39-28-26-23-20-17-14-11-8-5-2/h17,20,22,25-26,28-30,32-33,66H,4-16,18-19,21,23-24,27,31,34-65H2,1-3H3/b20-17-,25-22-,28-26-,30-29-,33-32-. The number of esters is 3. The Morgan fingerprint density at radius 2 is 0.480 bits per heavy atom. The second kappa shape index (κ2) is 63.6. The van der Waals surface area contributed by atoms with Crippen molar-refractivity contribution < 1.29 is 28.6 Å². The van der Waals surface area contributed by atoms with E-state index in [1.54, 1.807) is 0 Å². The minimum atomic E-state index is -0.778. The molecule has 0 aliphatic heterocycles. The fourth-order valence-corrected chi connectivity index (χ4v) is 9.54. The van der Waals surface area contributed by atoms with Crippen LogP contribution in [-0.2, 0) is 28.6 Å². The lowest BCUT2D eigenvalue weighted by Crippen LogP contribution is -2.30. The van der Waals surface area contributed by atoms with Crippen LogP contribution < -0.4 is 0 Å². The summed E-state index contributed by atoms with van der Waals surface area (Å²) in [6.07, 6.45) is 80.8. The molecule has 0 saturated carbocycles. The third kappa shape index (κ3) is 61.8. The van der Waals surface area contributed by atoms with Gasteiger partial charge < -0.3 is 14.2 Å². The molecule has 1 atom stereocenters. The maximum atomic E-state index is 12.9. The lowest BCUT2D eigenvalue weighted by molar-refractivity contribution is -0.167. The van der Waals surface area contributed by atoms with Crippen LogP contribution in [0.4, 0.5) is 0 Å². The van der Waals surface area contributed by atoms with Gasteiger partial charge in [-0.2, -0.15) is 0 Å². The van der Waals surface area contributed by atoms with Crippen LogP contribution in [0.5, 0.6) is 0 Å². The zero-order valence-corrected chi connectivity index (χ0v) is 50.1. The highest BCUT2D eigenvalue weighted by Gasteiger charge is 2.19. The summed E-state index contributed by atoms with van der Waals surface area (Å²) in [6, 6.07) is 0. The van der Waals surface area contributed by atoms with Crippen LogP contribution in [0.15, 0.2) is 60.8 Å². The second-order valence-corrected chi connectivity index (χ2v) is 22.0. The molecule has 0 spiro atoms. The van der Waals surface area contributed by atoms with Crippen molar-refractivity contribution >= 4 is 17.9 Å². The van der Waals surface area contributed by atoms with Gasteiger partial charge in [0.1, 0.15) is 13.2 Å². The molecule has 0 rings (SSSR count). The molecule has 1 unspecified atom stereocenters. The van der Waals surface area contributed by atoms with Gasteiger partial charge in [-0.25, -0.2) is 0 Å². The number of rotatable bonds is 60. The Hall–Kier alpha value is -2.89. The third-order valence-corrected chi connectivity index (χ3v) is 14.5. The van der Waals surface area contributed by atoms with Crippen molar-refractivity contribution in [2.24, 2.45) is 0 Å². The van der Waals surface area contributed by atoms with Crippen molar-refractivity contribution in [2.45, 2.75) is 348 Å². The summed E-state index contributed by atoms with van der Waals surface area (Å²) in [4.78, 5) is 38.3. The van der Waals surface area contributed by atoms with Gasteiger partial charge in [-0.05, 0) is 89.9 Å². The molecule has 436 valence electrons. The molecule has 0 aromatic rings. The Labute approximate surface area is 466 Å². The van der Waals surface area contributed by atoms with Gasteiger partial charge in [-0.1, -0.05) is 293 Å². The molecule has 0 radical (unpaired) electrons. The number of hydrogen-bond donors (Lipinski definition) is 0. The molecule has 0 N–H and O–H groups in total. The number of hydrogen-bond acceptors (Lipinski definition) is 6. The van der Waals surface area contributed by atoms with Gasteiger partial charge in [0, 0.05) is 19.3 Å². The molecule has 0 fully saturated rings. The van der Waals surface area contributed by atoms with Crippen LogP contribution >= 0.6 is 0 Å². The zero-order chi connectivity index (χ0) is 54.3. The average molecular weight is 1050 g/mol. The third-order valence-electron chi connectivity index (χ3n) is 14.5. The molecule has 0 bridgehead atoms. The van der Waals surface area contributed by atoms with Crippen LogP contribution in [0.2, 0.25) is 0 Å². The van der Waals surface area contributed by atoms with Crippen molar-refractivity contribution in [3.63, 3.8) is 0 Å². The van der Waals surface area contributed by atoms with E-state index in [1.807, 2.05) is 0 Å². The molecule has 6 nitrogen and oxygen atoms in total. The predicted octanol–water partition coefficient (Wildman–Crippen LogP) is 22.3. The molecule has 75 heavy (non-hydrogen) atoms. The van der Waals surface area contributed by atoms with Gasteiger partial charge in [0.25, 0.3) is 0 Å². The van der Waals surface area contributed by atoms with Gasteiger partial charge in [0.15, 0.2) is 6.10 Å². The minimum absolute atomic E-state index is 0.0743. The van der Waals surface area contributed by atoms with E-state index < -0.39 is 6.10 Å². The smallest absolute Gasteiger partial charge is 0.306 e. The summed E-state index contributed by atoms with van der Waals surface area (Å²) < 4.78 is 16.9. The molecule has 0 amide bonds. The fourth-order valence-electron chi connectivity index (χ4n) is 9.54. The van der Waals surface area contributed by atoms with Crippen LogP contribution in [-0.4, -0.2) is 37.2 Å². The van der Waals surface area contributed by atoms with Crippen LogP contribution in [0.3, 0.4) is 0 Å². The first-order valence-electron chi connectivity index (χ1n) is 32.8. The highest BCUT2D eigenvalue weighted by atomic mass is 16.6. The molecule has 0 aliphatic rings. The first kappa shape index (κ1) is 72.1. The van der Waals surface area contributed by atoms with Gasteiger partial charge in [0.05, 0.1) is 0 Å². The lowest BCUT2D eigenvalue weighted by Gasteiger charge is -2.18. The summed E-state index contributed by atoms with van der Waals surface area (Å²) in [7, 11) is 0. The van der Waals surface area contributed by atoms with Gasteiger partial charge in [-0.3, -0.25) is 14.4 Å². The number of allylic oxidation sites excluding steroid dienone is 10. The Morgan fingerprint density at radius 3 is 0.773 bits per heavy atom. The zero-order valence-electron chi connectivity index (χ0n) is 50.1. The number of carbonyl (C=O) groups excluding carboxylic acids is 3. The van der Waals surface area contributed by atoms with Gasteiger partial charge in [-0.15, -0.1) is 0 Å². The van der Waals surface area contributed by atoms with Crippen molar-refractivity contribution in [3.05, 3.63) is 60.8 Å². The van der Waals surface area contributed by atoms with E-state index in [1.165, 1.54) is 218 Å². The molecule has 0 aromatic heterocycles. The molecular weight excluding hydrogens is 925 g/mol. The summed E-state index contributed by atoms with van der Waals surface area (Å²) >= 11 is 0. The highest BCUT2D eigenvalue weighted by Crippen LogP contribution is 2.17. The SMILES string of the molecule is CCCCC/C=C\C/C=C\CCCCCCCCCC(=O)OC(COC(=O)CCCCCCCCCCCCCCC)COC(=O)CCCCCCCCCCCCCC/C=C\C/C=C\C/C=C\CCCCCCC. The molecule has 0 saturated heterocycles. The Bertz CT molecular complexity index is 1340. The van der Waals surface area contributed by atoms with E-state index in [-0.39, 0.29) is 31.1 Å². The number of unbranched alkanes of at least 4 members (excludes halogenated alkanes) is 39. The van der Waals surface area contributed by atoms with Gasteiger partial charge >= 0.3 is 17.9 Å². The molecule has 6 heteroatoms. The molecule has 0 heterocycles. The van der Waals surface area contributed by atoms with Crippen molar-refractivity contribution in [1.29, 1.82) is 0 Å². The predicted molar refractivity (Wildman–Crippen MR) is 325 cm³/mol. The monoisotopic (exact) mass is 1050 g/mol. The quantitative estimate of drug-likeness (QED) is 0.0261. The average Bonchev–Trinajstić information content (AvgIpc) is 3.41. The van der Waals surface area contributed by atoms with E-state index in [0.29, 0.717) is 19.3 Å². The first-order chi connectivity index (χ1) is 37.0. The van der Waals surface area contributed by atoms with Crippen molar-refractivity contribution in [3.8, 4) is 0 Å². The van der Waals surface area contributed by atoms with E-state index in [0.717, 1.165) is 83.5 Å². The lowest BCUT2D eigenvalue weighted by atomic mass is 10.0.